The maximum absolute atomic E-state index is 3.67. The van der Waals surface area contributed by atoms with Crippen molar-refractivity contribution in [3.05, 3.63) is 0 Å². The molecule has 1 saturated heterocycles. The van der Waals surface area contributed by atoms with Gasteiger partial charge in [-0.25, -0.2) is 0 Å². The highest BCUT2D eigenvalue weighted by Gasteiger charge is 2.47. The zero-order valence-electron chi connectivity index (χ0n) is 7.91. The van der Waals surface area contributed by atoms with Crippen molar-refractivity contribution >= 4 is 0 Å². The van der Waals surface area contributed by atoms with Gasteiger partial charge in [0.1, 0.15) is 0 Å². The van der Waals surface area contributed by atoms with Crippen LogP contribution in [-0.4, -0.2) is 12.1 Å². The quantitative estimate of drug-likeness (QED) is 0.562. The second-order valence-corrected chi connectivity index (χ2v) is 5.42. The Kier molecular flexibility index (Phi) is 1.39. The Morgan fingerprint density at radius 3 is 2.64 bits per heavy atom. The second-order valence-electron chi connectivity index (χ2n) is 5.42. The molecule has 0 spiro atoms. The van der Waals surface area contributed by atoms with E-state index in [-0.39, 0.29) is 0 Å². The Balaban J connectivity index is 2.21. The van der Waals surface area contributed by atoms with Gasteiger partial charge in [0.25, 0.3) is 0 Å². The summed E-state index contributed by atoms with van der Waals surface area (Å²) in [5.41, 5.74) is 1.10. The monoisotopic (exact) mass is 153 g/mol. The van der Waals surface area contributed by atoms with Crippen molar-refractivity contribution in [3.63, 3.8) is 0 Å². The molecule has 2 fully saturated rings. The summed E-state index contributed by atoms with van der Waals surface area (Å²) < 4.78 is 0. The highest BCUT2D eigenvalue weighted by Crippen LogP contribution is 2.48. The lowest BCUT2D eigenvalue weighted by molar-refractivity contribution is 0.173. The molecule has 0 aromatic rings. The summed E-state index contributed by atoms with van der Waals surface area (Å²) in [7, 11) is 0. The van der Waals surface area contributed by atoms with E-state index in [2.05, 4.69) is 26.1 Å². The standard InChI is InChI=1S/C10H19N/c1-8-4-9(2)6-10(3,5-8)11-7-9/h8,11H,4-7H2,1-3H3. The van der Waals surface area contributed by atoms with Crippen molar-refractivity contribution < 1.29 is 0 Å². The van der Waals surface area contributed by atoms with E-state index in [1.807, 2.05) is 0 Å². The fourth-order valence-electron chi connectivity index (χ4n) is 3.46. The molecule has 0 aromatic heterocycles. The Morgan fingerprint density at radius 2 is 2.00 bits per heavy atom. The van der Waals surface area contributed by atoms with Crippen LogP contribution in [-0.2, 0) is 0 Å². The smallest absolute Gasteiger partial charge is 0.0161 e. The number of hydrogen-bond acceptors (Lipinski definition) is 1. The van der Waals surface area contributed by atoms with Crippen LogP contribution in [0.3, 0.4) is 0 Å². The van der Waals surface area contributed by atoms with Gasteiger partial charge < -0.3 is 5.32 Å². The largest absolute Gasteiger partial charge is 0.311 e. The van der Waals surface area contributed by atoms with Gasteiger partial charge in [0.05, 0.1) is 0 Å². The van der Waals surface area contributed by atoms with Crippen LogP contribution in [0, 0.1) is 11.3 Å². The fourth-order valence-corrected chi connectivity index (χ4v) is 3.46. The summed E-state index contributed by atoms with van der Waals surface area (Å²) in [5, 5.41) is 3.67. The average Bonchev–Trinajstić information content (AvgIpc) is 2.01. The molecule has 3 unspecified atom stereocenters. The first kappa shape index (κ1) is 7.60. The lowest BCUT2D eigenvalue weighted by Crippen LogP contribution is -2.39. The van der Waals surface area contributed by atoms with Gasteiger partial charge in [0, 0.05) is 12.1 Å². The summed E-state index contributed by atoms with van der Waals surface area (Å²) in [6.07, 6.45) is 4.20. The van der Waals surface area contributed by atoms with Crippen LogP contribution in [0.15, 0.2) is 0 Å². The topological polar surface area (TPSA) is 12.0 Å². The third-order valence-corrected chi connectivity index (χ3v) is 3.40. The van der Waals surface area contributed by atoms with E-state index < -0.39 is 0 Å². The zero-order chi connectivity index (χ0) is 8.11. The van der Waals surface area contributed by atoms with Crippen molar-refractivity contribution in [3.8, 4) is 0 Å². The Bertz CT molecular complexity index is 160. The van der Waals surface area contributed by atoms with Crippen LogP contribution in [0.4, 0.5) is 0 Å². The van der Waals surface area contributed by atoms with E-state index in [1.165, 1.54) is 25.8 Å². The van der Waals surface area contributed by atoms with Crippen molar-refractivity contribution in [2.75, 3.05) is 6.54 Å². The van der Waals surface area contributed by atoms with Crippen LogP contribution < -0.4 is 5.32 Å². The molecule has 3 atom stereocenters. The van der Waals surface area contributed by atoms with Crippen molar-refractivity contribution in [1.82, 2.24) is 5.32 Å². The van der Waals surface area contributed by atoms with Crippen molar-refractivity contribution in [2.24, 2.45) is 11.3 Å². The minimum atomic E-state index is 0.479. The number of nitrogens with one attached hydrogen (secondary N) is 1. The highest BCUT2D eigenvalue weighted by molar-refractivity contribution is 5.04. The third kappa shape index (κ3) is 1.20. The molecule has 2 bridgehead atoms. The van der Waals surface area contributed by atoms with E-state index >= 15 is 0 Å². The highest BCUT2D eigenvalue weighted by atomic mass is 15.0. The van der Waals surface area contributed by atoms with E-state index in [0.717, 1.165) is 5.92 Å². The molecule has 1 aliphatic carbocycles. The van der Waals surface area contributed by atoms with E-state index in [0.29, 0.717) is 11.0 Å². The fraction of sp³-hybridized carbons (Fsp3) is 1.00. The summed E-state index contributed by atoms with van der Waals surface area (Å²) in [6.45, 7) is 8.45. The molecule has 64 valence electrons. The number of hydrogen-bond donors (Lipinski definition) is 1. The van der Waals surface area contributed by atoms with Crippen LogP contribution in [0.1, 0.15) is 40.0 Å². The summed E-state index contributed by atoms with van der Waals surface area (Å²) in [6, 6.07) is 0. The average molecular weight is 153 g/mol. The maximum atomic E-state index is 3.67. The van der Waals surface area contributed by atoms with E-state index in [4.69, 9.17) is 0 Å². The molecule has 11 heavy (non-hydrogen) atoms. The molecule has 1 nitrogen and oxygen atoms in total. The molecule has 1 saturated carbocycles. The first-order valence-electron chi connectivity index (χ1n) is 4.77. The lowest BCUT2D eigenvalue weighted by atomic mass is 9.68. The second kappa shape index (κ2) is 2.01. The predicted octanol–water partition coefficient (Wildman–Crippen LogP) is 2.17. The first-order valence-corrected chi connectivity index (χ1v) is 4.77. The molecule has 0 aromatic carbocycles. The molecule has 1 aliphatic heterocycles. The Hall–Kier alpha value is -0.0400. The zero-order valence-corrected chi connectivity index (χ0v) is 7.91. The van der Waals surface area contributed by atoms with E-state index in [1.54, 1.807) is 0 Å². The minimum absolute atomic E-state index is 0.479. The van der Waals surface area contributed by atoms with Gasteiger partial charge >= 0.3 is 0 Å². The van der Waals surface area contributed by atoms with Crippen LogP contribution in [0.25, 0.3) is 0 Å². The minimum Gasteiger partial charge on any atom is -0.311 e. The van der Waals surface area contributed by atoms with Crippen molar-refractivity contribution in [1.29, 1.82) is 0 Å². The first-order chi connectivity index (χ1) is 5.02. The normalized spacial score (nSPS) is 56.5. The number of fused-ring (bicyclic) bond motifs is 2. The number of rotatable bonds is 0. The molecule has 0 amide bonds. The SMILES string of the molecule is CC1CC2(C)CNC(C)(C1)C2. The molecule has 2 rings (SSSR count). The van der Waals surface area contributed by atoms with Gasteiger partial charge in [-0.1, -0.05) is 13.8 Å². The van der Waals surface area contributed by atoms with Gasteiger partial charge in [-0.15, -0.1) is 0 Å². The van der Waals surface area contributed by atoms with Gasteiger partial charge in [0.2, 0.25) is 0 Å². The third-order valence-electron chi connectivity index (χ3n) is 3.40. The van der Waals surface area contributed by atoms with E-state index in [9.17, 15) is 0 Å². The lowest BCUT2D eigenvalue weighted by Gasteiger charge is -2.37. The molecular formula is C10H19N. The summed E-state index contributed by atoms with van der Waals surface area (Å²) in [4.78, 5) is 0. The molecule has 1 N–H and O–H groups in total. The van der Waals surface area contributed by atoms with Gasteiger partial charge in [0.15, 0.2) is 0 Å². The van der Waals surface area contributed by atoms with Gasteiger partial charge in [-0.05, 0) is 37.5 Å². The van der Waals surface area contributed by atoms with Crippen molar-refractivity contribution in [2.45, 2.75) is 45.6 Å². The van der Waals surface area contributed by atoms with Gasteiger partial charge in [-0.3, -0.25) is 0 Å². The molecule has 2 aliphatic rings. The predicted molar refractivity (Wildman–Crippen MR) is 47.5 cm³/mol. The molecule has 1 heteroatoms. The van der Waals surface area contributed by atoms with Gasteiger partial charge in [-0.2, -0.15) is 0 Å². The molecular weight excluding hydrogens is 134 g/mol. The Labute approximate surface area is 69.6 Å². The van der Waals surface area contributed by atoms with Crippen LogP contribution in [0.5, 0.6) is 0 Å². The van der Waals surface area contributed by atoms with Crippen LogP contribution in [0.2, 0.25) is 0 Å². The maximum Gasteiger partial charge on any atom is 0.0161 e. The molecule has 1 heterocycles. The summed E-state index contributed by atoms with van der Waals surface area (Å²) in [5.74, 6) is 0.925. The summed E-state index contributed by atoms with van der Waals surface area (Å²) >= 11 is 0. The molecule has 0 radical (unpaired) electrons. The van der Waals surface area contributed by atoms with Crippen LogP contribution >= 0.6 is 0 Å². The Morgan fingerprint density at radius 1 is 1.27 bits per heavy atom.